The Bertz CT molecular complexity index is 374. The summed E-state index contributed by atoms with van der Waals surface area (Å²) in [6.45, 7) is 5.02. The SMILES string of the molecule is CCCn1nccc1CN(C)C1CCCCC1CN. The van der Waals surface area contributed by atoms with Gasteiger partial charge in [-0.25, -0.2) is 0 Å². The number of nitrogens with two attached hydrogens (primary N) is 1. The summed E-state index contributed by atoms with van der Waals surface area (Å²) in [6, 6.07) is 2.79. The van der Waals surface area contributed by atoms with Crippen LogP contribution in [0.15, 0.2) is 12.3 Å². The van der Waals surface area contributed by atoms with E-state index in [0.29, 0.717) is 12.0 Å². The summed E-state index contributed by atoms with van der Waals surface area (Å²) in [5.41, 5.74) is 7.26. The van der Waals surface area contributed by atoms with E-state index in [0.717, 1.165) is 26.1 Å². The fourth-order valence-electron chi connectivity index (χ4n) is 3.32. The Kier molecular flexibility index (Phi) is 5.40. The van der Waals surface area contributed by atoms with Crippen molar-refractivity contribution in [3.8, 4) is 0 Å². The monoisotopic (exact) mass is 264 g/mol. The third-order valence-corrected chi connectivity index (χ3v) is 4.39. The Balaban J connectivity index is 1.98. The summed E-state index contributed by atoms with van der Waals surface area (Å²) in [4.78, 5) is 2.49. The second kappa shape index (κ2) is 7.06. The van der Waals surface area contributed by atoms with Gasteiger partial charge in [-0.3, -0.25) is 9.58 Å². The molecule has 1 aliphatic rings. The maximum Gasteiger partial charge on any atom is 0.0524 e. The largest absolute Gasteiger partial charge is 0.330 e. The molecule has 1 aromatic heterocycles. The van der Waals surface area contributed by atoms with Crippen molar-refractivity contribution in [3.05, 3.63) is 18.0 Å². The van der Waals surface area contributed by atoms with Crippen molar-refractivity contribution in [3.63, 3.8) is 0 Å². The van der Waals surface area contributed by atoms with Crippen LogP contribution >= 0.6 is 0 Å². The number of aromatic nitrogens is 2. The van der Waals surface area contributed by atoms with Gasteiger partial charge in [0.15, 0.2) is 0 Å². The lowest BCUT2D eigenvalue weighted by atomic mass is 9.83. The van der Waals surface area contributed by atoms with Crippen LogP contribution in [-0.4, -0.2) is 34.3 Å². The molecule has 2 atom stereocenters. The lowest BCUT2D eigenvalue weighted by molar-refractivity contribution is 0.124. The fourth-order valence-corrected chi connectivity index (χ4v) is 3.32. The van der Waals surface area contributed by atoms with Crippen molar-refractivity contribution < 1.29 is 0 Å². The van der Waals surface area contributed by atoms with Crippen LogP contribution < -0.4 is 5.73 Å². The van der Waals surface area contributed by atoms with Crippen LogP contribution in [0.2, 0.25) is 0 Å². The maximum absolute atomic E-state index is 5.94. The first-order chi connectivity index (χ1) is 9.26. The molecule has 0 radical (unpaired) electrons. The molecule has 0 spiro atoms. The van der Waals surface area contributed by atoms with Gasteiger partial charge < -0.3 is 5.73 Å². The Labute approximate surface area is 117 Å². The van der Waals surface area contributed by atoms with Crippen LogP contribution in [0.1, 0.15) is 44.7 Å². The summed E-state index contributed by atoms with van der Waals surface area (Å²) in [6.07, 6.45) is 8.33. The van der Waals surface area contributed by atoms with Crippen LogP contribution in [-0.2, 0) is 13.1 Å². The van der Waals surface area contributed by atoms with Gasteiger partial charge in [0, 0.05) is 25.3 Å². The highest BCUT2D eigenvalue weighted by Crippen LogP contribution is 2.27. The summed E-state index contributed by atoms with van der Waals surface area (Å²) < 4.78 is 2.14. The molecule has 4 heteroatoms. The Morgan fingerprint density at radius 2 is 2.21 bits per heavy atom. The van der Waals surface area contributed by atoms with Gasteiger partial charge in [-0.05, 0) is 44.8 Å². The lowest BCUT2D eigenvalue weighted by Crippen LogP contribution is -2.43. The predicted octanol–water partition coefficient (Wildman–Crippen LogP) is 2.24. The van der Waals surface area contributed by atoms with Crippen LogP contribution in [0.3, 0.4) is 0 Å². The molecule has 2 unspecified atom stereocenters. The minimum absolute atomic E-state index is 0.642. The summed E-state index contributed by atoms with van der Waals surface area (Å²) in [5.74, 6) is 0.668. The molecule has 1 saturated carbocycles. The summed E-state index contributed by atoms with van der Waals surface area (Å²) in [7, 11) is 2.24. The van der Waals surface area contributed by atoms with Crippen molar-refractivity contribution in [1.82, 2.24) is 14.7 Å². The second-order valence-electron chi connectivity index (χ2n) is 5.81. The highest BCUT2D eigenvalue weighted by Gasteiger charge is 2.27. The molecule has 1 aliphatic carbocycles. The van der Waals surface area contributed by atoms with E-state index >= 15 is 0 Å². The second-order valence-corrected chi connectivity index (χ2v) is 5.81. The zero-order valence-electron chi connectivity index (χ0n) is 12.4. The first-order valence-corrected chi connectivity index (χ1v) is 7.67. The molecule has 2 rings (SSSR count). The Morgan fingerprint density at radius 1 is 1.42 bits per heavy atom. The average molecular weight is 264 g/mol. The minimum Gasteiger partial charge on any atom is -0.330 e. The van der Waals surface area contributed by atoms with E-state index in [-0.39, 0.29) is 0 Å². The van der Waals surface area contributed by atoms with Crippen LogP contribution in [0, 0.1) is 5.92 Å². The Morgan fingerprint density at radius 3 is 2.95 bits per heavy atom. The minimum atomic E-state index is 0.642. The number of nitrogens with zero attached hydrogens (tertiary/aromatic N) is 3. The van der Waals surface area contributed by atoms with Gasteiger partial charge in [0.25, 0.3) is 0 Å². The van der Waals surface area contributed by atoms with Crippen molar-refractivity contribution in [2.24, 2.45) is 11.7 Å². The normalized spacial score (nSPS) is 24.0. The molecule has 0 aliphatic heterocycles. The third kappa shape index (κ3) is 3.57. The van der Waals surface area contributed by atoms with Crippen molar-refractivity contribution >= 4 is 0 Å². The number of hydrogen-bond donors (Lipinski definition) is 1. The molecule has 1 heterocycles. The van der Waals surface area contributed by atoms with Gasteiger partial charge in [-0.1, -0.05) is 19.8 Å². The van der Waals surface area contributed by atoms with Crippen LogP contribution in [0.25, 0.3) is 0 Å². The number of aryl methyl sites for hydroxylation is 1. The van der Waals surface area contributed by atoms with E-state index in [1.165, 1.54) is 31.4 Å². The molecule has 2 N–H and O–H groups in total. The van der Waals surface area contributed by atoms with E-state index in [4.69, 9.17) is 5.73 Å². The van der Waals surface area contributed by atoms with Gasteiger partial charge in [-0.2, -0.15) is 5.10 Å². The van der Waals surface area contributed by atoms with Gasteiger partial charge in [-0.15, -0.1) is 0 Å². The predicted molar refractivity (Wildman–Crippen MR) is 78.8 cm³/mol. The lowest BCUT2D eigenvalue weighted by Gasteiger charge is -2.37. The number of rotatable bonds is 6. The molecular formula is C15H28N4. The molecular weight excluding hydrogens is 236 g/mol. The van der Waals surface area contributed by atoms with Gasteiger partial charge in [0.1, 0.15) is 0 Å². The summed E-state index contributed by atoms with van der Waals surface area (Å²) >= 11 is 0. The van der Waals surface area contributed by atoms with Crippen LogP contribution in [0.5, 0.6) is 0 Å². The zero-order valence-corrected chi connectivity index (χ0v) is 12.4. The maximum atomic E-state index is 5.94. The van der Waals surface area contributed by atoms with E-state index in [9.17, 15) is 0 Å². The van der Waals surface area contributed by atoms with Crippen molar-refractivity contribution in [1.29, 1.82) is 0 Å². The molecule has 0 amide bonds. The standard InChI is InChI=1S/C15H28N4/c1-3-10-19-14(8-9-17-19)12-18(2)15-7-5-4-6-13(15)11-16/h8-9,13,15H,3-7,10-12,16H2,1-2H3. The molecule has 108 valence electrons. The highest BCUT2D eigenvalue weighted by molar-refractivity contribution is 5.01. The molecule has 4 nitrogen and oxygen atoms in total. The quantitative estimate of drug-likeness (QED) is 0.857. The third-order valence-electron chi connectivity index (χ3n) is 4.39. The van der Waals surface area contributed by atoms with Gasteiger partial charge in [0.05, 0.1) is 5.69 Å². The van der Waals surface area contributed by atoms with Crippen molar-refractivity contribution in [2.75, 3.05) is 13.6 Å². The highest BCUT2D eigenvalue weighted by atomic mass is 15.3. The molecule has 0 saturated heterocycles. The molecule has 1 aromatic rings. The Hall–Kier alpha value is -0.870. The number of hydrogen-bond acceptors (Lipinski definition) is 3. The first-order valence-electron chi connectivity index (χ1n) is 7.67. The zero-order chi connectivity index (χ0) is 13.7. The van der Waals surface area contributed by atoms with E-state index in [1.807, 2.05) is 6.20 Å². The topological polar surface area (TPSA) is 47.1 Å². The van der Waals surface area contributed by atoms with E-state index < -0.39 is 0 Å². The van der Waals surface area contributed by atoms with Gasteiger partial charge in [0.2, 0.25) is 0 Å². The molecule has 0 bridgehead atoms. The van der Waals surface area contributed by atoms with Gasteiger partial charge >= 0.3 is 0 Å². The molecule has 0 aromatic carbocycles. The van der Waals surface area contributed by atoms with Crippen molar-refractivity contribution in [2.45, 2.75) is 58.2 Å². The summed E-state index contributed by atoms with van der Waals surface area (Å²) in [5, 5.41) is 4.41. The smallest absolute Gasteiger partial charge is 0.0524 e. The van der Waals surface area contributed by atoms with E-state index in [1.54, 1.807) is 0 Å². The average Bonchev–Trinajstić information content (AvgIpc) is 2.86. The molecule has 1 fully saturated rings. The first kappa shape index (κ1) is 14.5. The molecule has 19 heavy (non-hydrogen) atoms. The van der Waals surface area contributed by atoms with E-state index in [2.05, 4.69) is 34.7 Å². The van der Waals surface area contributed by atoms with Crippen LogP contribution in [0.4, 0.5) is 0 Å². The fraction of sp³-hybridized carbons (Fsp3) is 0.800.